The molecule has 28 heavy (non-hydrogen) atoms. The van der Waals surface area contributed by atoms with Gasteiger partial charge in [0.15, 0.2) is 0 Å². The van der Waals surface area contributed by atoms with Gasteiger partial charge >= 0.3 is 6.09 Å². The number of carbonyl (C=O) groups is 1. The number of nitrogens with zero attached hydrogens (tertiary/aromatic N) is 4. The van der Waals surface area contributed by atoms with E-state index < -0.39 is 5.60 Å². The third kappa shape index (κ3) is 4.70. The molecule has 152 valence electrons. The second-order valence-corrected chi connectivity index (χ2v) is 8.18. The molecule has 0 N–H and O–H groups in total. The molecule has 0 saturated carbocycles. The van der Waals surface area contributed by atoms with Crippen LogP contribution in [0, 0.1) is 0 Å². The average Bonchev–Trinajstić information content (AvgIpc) is 2.67. The molecule has 0 unspecified atom stereocenters. The SMILES string of the molecule is CCc1nn(CCN2CCN(C(=O)OC(C)(C)C)CC2)c(=O)c2ccccc12. The van der Waals surface area contributed by atoms with Crippen molar-refractivity contribution in [2.45, 2.75) is 46.3 Å². The van der Waals surface area contributed by atoms with Gasteiger partial charge in [0.25, 0.3) is 5.56 Å². The summed E-state index contributed by atoms with van der Waals surface area (Å²) in [5.41, 5.74) is 0.429. The number of aromatic nitrogens is 2. The highest BCUT2D eigenvalue weighted by atomic mass is 16.6. The number of benzene rings is 1. The maximum Gasteiger partial charge on any atom is 0.410 e. The van der Waals surface area contributed by atoms with Crippen LogP contribution in [-0.4, -0.2) is 64.0 Å². The van der Waals surface area contributed by atoms with E-state index in [1.165, 1.54) is 0 Å². The molecule has 2 heterocycles. The van der Waals surface area contributed by atoms with Crippen molar-refractivity contribution in [2.75, 3.05) is 32.7 Å². The van der Waals surface area contributed by atoms with Crippen molar-refractivity contribution in [3.63, 3.8) is 0 Å². The van der Waals surface area contributed by atoms with Gasteiger partial charge in [-0.15, -0.1) is 0 Å². The highest BCUT2D eigenvalue weighted by Gasteiger charge is 2.25. The minimum Gasteiger partial charge on any atom is -0.444 e. The van der Waals surface area contributed by atoms with Crippen molar-refractivity contribution in [1.82, 2.24) is 19.6 Å². The normalized spacial score (nSPS) is 15.8. The van der Waals surface area contributed by atoms with Crippen molar-refractivity contribution < 1.29 is 9.53 Å². The Bertz CT molecular complexity index is 893. The molecule has 1 aromatic carbocycles. The Kier molecular flexibility index (Phi) is 6.03. The summed E-state index contributed by atoms with van der Waals surface area (Å²) in [6.07, 6.45) is 0.530. The molecular weight excluding hydrogens is 356 g/mol. The summed E-state index contributed by atoms with van der Waals surface area (Å²) in [4.78, 5) is 28.9. The number of piperazine rings is 1. The van der Waals surface area contributed by atoms with Crippen LogP contribution < -0.4 is 5.56 Å². The molecule has 1 amide bonds. The Morgan fingerprint density at radius 3 is 2.32 bits per heavy atom. The Balaban J connectivity index is 1.61. The number of ether oxygens (including phenoxy) is 1. The third-order valence-electron chi connectivity index (χ3n) is 4.93. The van der Waals surface area contributed by atoms with Gasteiger partial charge < -0.3 is 9.64 Å². The lowest BCUT2D eigenvalue weighted by atomic mass is 10.1. The molecule has 1 aromatic heterocycles. The predicted molar refractivity (Wildman–Crippen MR) is 110 cm³/mol. The van der Waals surface area contributed by atoms with Crippen molar-refractivity contribution in [1.29, 1.82) is 0 Å². The van der Waals surface area contributed by atoms with E-state index in [9.17, 15) is 9.59 Å². The standard InChI is InChI=1S/C21H30N4O3/c1-5-18-16-8-6-7-9-17(16)19(26)25(22-18)15-12-23-10-13-24(14-11-23)20(27)28-21(2,3)4/h6-9H,5,10-15H2,1-4H3. The molecule has 2 aromatic rings. The topological polar surface area (TPSA) is 67.7 Å². The fourth-order valence-electron chi connectivity index (χ4n) is 3.43. The number of amides is 1. The van der Waals surface area contributed by atoms with Crippen LogP contribution in [0.5, 0.6) is 0 Å². The molecular formula is C21H30N4O3. The number of hydrogen-bond acceptors (Lipinski definition) is 5. The van der Waals surface area contributed by atoms with Gasteiger partial charge in [-0.25, -0.2) is 9.48 Å². The second-order valence-electron chi connectivity index (χ2n) is 8.18. The summed E-state index contributed by atoms with van der Waals surface area (Å²) in [7, 11) is 0. The second kappa shape index (κ2) is 8.31. The van der Waals surface area contributed by atoms with E-state index in [2.05, 4.69) is 16.9 Å². The summed E-state index contributed by atoms with van der Waals surface area (Å²) in [6, 6.07) is 7.66. The van der Waals surface area contributed by atoms with Crippen LogP contribution in [0.3, 0.4) is 0 Å². The summed E-state index contributed by atoms with van der Waals surface area (Å²) in [5, 5.41) is 6.25. The molecule has 0 radical (unpaired) electrons. The van der Waals surface area contributed by atoms with E-state index in [0.717, 1.165) is 42.5 Å². The first kappa shape index (κ1) is 20.3. The summed E-state index contributed by atoms with van der Waals surface area (Å²) < 4.78 is 7.02. The first-order valence-corrected chi connectivity index (χ1v) is 9.97. The van der Waals surface area contributed by atoms with Crippen LogP contribution in [-0.2, 0) is 17.7 Å². The molecule has 1 saturated heterocycles. The quantitative estimate of drug-likeness (QED) is 0.808. The van der Waals surface area contributed by atoms with Gasteiger partial charge in [0.05, 0.1) is 17.6 Å². The molecule has 1 aliphatic rings. The van der Waals surface area contributed by atoms with Crippen LogP contribution in [0.25, 0.3) is 10.8 Å². The largest absolute Gasteiger partial charge is 0.444 e. The first-order valence-electron chi connectivity index (χ1n) is 9.97. The van der Waals surface area contributed by atoms with Crippen LogP contribution in [0.2, 0.25) is 0 Å². The number of carbonyl (C=O) groups excluding carboxylic acids is 1. The Morgan fingerprint density at radius 2 is 1.71 bits per heavy atom. The highest BCUT2D eigenvalue weighted by molar-refractivity contribution is 5.83. The van der Waals surface area contributed by atoms with Gasteiger partial charge in [-0.2, -0.15) is 5.10 Å². The van der Waals surface area contributed by atoms with E-state index in [0.29, 0.717) is 19.6 Å². The molecule has 0 bridgehead atoms. The highest BCUT2D eigenvalue weighted by Crippen LogP contribution is 2.14. The van der Waals surface area contributed by atoms with Gasteiger partial charge in [-0.1, -0.05) is 25.1 Å². The van der Waals surface area contributed by atoms with Crippen LogP contribution in [0.4, 0.5) is 4.79 Å². The number of aryl methyl sites for hydroxylation is 1. The fraction of sp³-hybridized carbons (Fsp3) is 0.571. The Labute approximate surface area is 165 Å². The van der Waals surface area contributed by atoms with Crippen LogP contribution >= 0.6 is 0 Å². The third-order valence-corrected chi connectivity index (χ3v) is 4.93. The fourth-order valence-corrected chi connectivity index (χ4v) is 3.43. The zero-order valence-corrected chi connectivity index (χ0v) is 17.3. The van der Waals surface area contributed by atoms with Gasteiger partial charge in [0.1, 0.15) is 5.60 Å². The summed E-state index contributed by atoms with van der Waals surface area (Å²) >= 11 is 0. The predicted octanol–water partition coefficient (Wildman–Crippen LogP) is 2.51. The molecule has 3 rings (SSSR count). The van der Waals surface area contributed by atoms with E-state index in [1.54, 1.807) is 9.58 Å². The summed E-state index contributed by atoms with van der Waals surface area (Å²) in [6.45, 7) is 11.8. The van der Waals surface area contributed by atoms with Gasteiger partial charge in [-0.05, 0) is 33.3 Å². The van der Waals surface area contributed by atoms with E-state index in [1.807, 2.05) is 45.0 Å². The van der Waals surface area contributed by atoms with Crippen molar-refractivity contribution in [3.05, 3.63) is 40.3 Å². The molecule has 1 fully saturated rings. The zero-order valence-electron chi connectivity index (χ0n) is 17.3. The lowest BCUT2D eigenvalue weighted by Gasteiger charge is -2.35. The Morgan fingerprint density at radius 1 is 1.07 bits per heavy atom. The first-order chi connectivity index (χ1) is 13.3. The molecule has 7 heteroatoms. The minimum atomic E-state index is -0.478. The van der Waals surface area contributed by atoms with Gasteiger partial charge in [0.2, 0.25) is 0 Å². The molecule has 0 spiro atoms. The summed E-state index contributed by atoms with van der Waals surface area (Å²) in [5.74, 6) is 0. The number of hydrogen-bond donors (Lipinski definition) is 0. The maximum absolute atomic E-state index is 12.8. The van der Waals surface area contributed by atoms with E-state index in [-0.39, 0.29) is 11.7 Å². The van der Waals surface area contributed by atoms with E-state index in [4.69, 9.17) is 4.74 Å². The van der Waals surface area contributed by atoms with E-state index >= 15 is 0 Å². The Hall–Kier alpha value is -2.41. The van der Waals surface area contributed by atoms with Crippen LogP contribution in [0.15, 0.2) is 29.1 Å². The maximum atomic E-state index is 12.8. The average molecular weight is 386 g/mol. The lowest BCUT2D eigenvalue weighted by molar-refractivity contribution is 0.0142. The van der Waals surface area contributed by atoms with Crippen molar-refractivity contribution in [2.24, 2.45) is 0 Å². The molecule has 7 nitrogen and oxygen atoms in total. The molecule has 0 atom stereocenters. The van der Waals surface area contributed by atoms with Crippen molar-refractivity contribution >= 4 is 16.9 Å². The van der Waals surface area contributed by atoms with Crippen LogP contribution in [0.1, 0.15) is 33.4 Å². The zero-order chi connectivity index (χ0) is 20.3. The number of fused-ring (bicyclic) bond motifs is 1. The number of rotatable bonds is 4. The molecule has 1 aliphatic heterocycles. The lowest BCUT2D eigenvalue weighted by Crippen LogP contribution is -2.50. The van der Waals surface area contributed by atoms with Gasteiger partial charge in [0, 0.05) is 38.1 Å². The minimum absolute atomic E-state index is 0.0415. The monoisotopic (exact) mass is 386 g/mol. The van der Waals surface area contributed by atoms with Gasteiger partial charge in [-0.3, -0.25) is 9.69 Å². The molecule has 0 aliphatic carbocycles. The van der Waals surface area contributed by atoms with Crippen molar-refractivity contribution in [3.8, 4) is 0 Å². The smallest absolute Gasteiger partial charge is 0.410 e.